The molecule has 1 fully saturated rings. The third-order valence-corrected chi connectivity index (χ3v) is 4.44. The van der Waals surface area contributed by atoms with E-state index in [2.05, 4.69) is 36.3 Å². The number of amides is 1. The Morgan fingerprint density at radius 2 is 1.90 bits per heavy atom. The second-order valence-corrected chi connectivity index (χ2v) is 6.05. The van der Waals surface area contributed by atoms with E-state index in [0.29, 0.717) is 11.9 Å². The van der Waals surface area contributed by atoms with Gasteiger partial charge in [0.25, 0.3) is 0 Å². The van der Waals surface area contributed by atoms with Gasteiger partial charge in [-0.15, -0.1) is 0 Å². The van der Waals surface area contributed by atoms with Crippen molar-refractivity contribution >= 4 is 11.6 Å². The Bertz CT molecular complexity index is 494. The lowest BCUT2D eigenvalue weighted by Crippen LogP contribution is -2.49. The molecule has 0 radical (unpaired) electrons. The molecular formula is C16H23N3O. The highest BCUT2D eigenvalue weighted by Crippen LogP contribution is 2.35. The van der Waals surface area contributed by atoms with E-state index in [1.165, 1.54) is 0 Å². The third-order valence-electron chi connectivity index (χ3n) is 4.44. The topological polar surface area (TPSA) is 35.6 Å². The second-order valence-electron chi connectivity index (χ2n) is 6.05. The number of benzene rings is 1. The van der Waals surface area contributed by atoms with Gasteiger partial charge in [-0.1, -0.05) is 18.2 Å². The summed E-state index contributed by atoms with van der Waals surface area (Å²) < 4.78 is 0. The third kappa shape index (κ3) is 2.52. The number of hydrogen-bond donors (Lipinski definition) is 1. The Morgan fingerprint density at radius 1 is 1.20 bits per heavy atom. The van der Waals surface area contributed by atoms with Crippen molar-refractivity contribution in [2.24, 2.45) is 0 Å². The van der Waals surface area contributed by atoms with Crippen LogP contribution in [0.2, 0.25) is 0 Å². The fourth-order valence-corrected chi connectivity index (χ4v) is 3.22. The number of para-hydroxylation sites is 1. The molecule has 3 rings (SSSR count). The number of nitrogens with one attached hydrogen (secondary N) is 1. The van der Waals surface area contributed by atoms with Gasteiger partial charge >= 0.3 is 0 Å². The van der Waals surface area contributed by atoms with Crippen molar-refractivity contribution in [2.75, 3.05) is 38.5 Å². The minimum Gasteiger partial charge on any atom is -0.382 e. The van der Waals surface area contributed by atoms with Crippen molar-refractivity contribution < 1.29 is 4.79 Å². The molecule has 0 saturated carbocycles. The van der Waals surface area contributed by atoms with Crippen molar-refractivity contribution in [3.05, 3.63) is 29.8 Å². The molecule has 2 atom stereocenters. The lowest BCUT2D eigenvalue weighted by Gasteiger charge is -2.37. The van der Waals surface area contributed by atoms with Gasteiger partial charge in [-0.2, -0.15) is 0 Å². The van der Waals surface area contributed by atoms with Crippen LogP contribution in [-0.2, 0) is 4.79 Å². The normalized spacial score (nSPS) is 26.8. The lowest BCUT2D eigenvalue weighted by atomic mass is 9.86. The Labute approximate surface area is 120 Å². The molecule has 0 aliphatic carbocycles. The van der Waals surface area contributed by atoms with Crippen molar-refractivity contribution in [3.8, 4) is 0 Å². The highest BCUT2D eigenvalue weighted by Gasteiger charge is 2.33. The lowest BCUT2D eigenvalue weighted by molar-refractivity contribution is -0.134. The number of fused-ring (bicyclic) bond motifs is 1. The molecule has 0 aromatic heterocycles. The summed E-state index contributed by atoms with van der Waals surface area (Å²) in [6.45, 7) is 5.83. The molecule has 1 saturated heterocycles. The average Bonchev–Trinajstić information content (AvgIpc) is 2.46. The summed E-state index contributed by atoms with van der Waals surface area (Å²) in [5.74, 6) is 0.324. The van der Waals surface area contributed by atoms with Crippen LogP contribution in [0.4, 0.5) is 5.69 Å². The van der Waals surface area contributed by atoms with Crippen LogP contribution < -0.4 is 5.32 Å². The maximum Gasteiger partial charge on any atom is 0.230 e. The predicted octanol–water partition coefficient (Wildman–Crippen LogP) is 1.75. The zero-order valence-electron chi connectivity index (χ0n) is 12.3. The van der Waals surface area contributed by atoms with Crippen LogP contribution in [0.3, 0.4) is 0 Å². The molecule has 2 aliphatic rings. The Balaban J connectivity index is 1.81. The summed E-state index contributed by atoms with van der Waals surface area (Å²) in [7, 11) is 2.11. The first-order chi connectivity index (χ1) is 9.65. The van der Waals surface area contributed by atoms with Crippen LogP contribution in [0.1, 0.15) is 24.8 Å². The molecular weight excluding hydrogens is 250 g/mol. The fourth-order valence-electron chi connectivity index (χ4n) is 3.22. The van der Waals surface area contributed by atoms with Crippen LogP contribution in [0.25, 0.3) is 0 Å². The minimum absolute atomic E-state index is 0.0193. The molecule has 1 aromatic carbocycles. The first-order valence-corrected chi connectivity index (χ1v) is 7.48. The van der Waals surface area contributed by atoms with E-state index < -0.39 is 0 Å². The van der Waals surface area contributed by atoms with Gasteiger partial charge in [0, 0.05) is 37.9 Å². The number of carbonyl (C=O) groups excluding carboxylic acids is 1. The molecule has 4 nitrogen and oxygen atoms in total. The molecule has 0 bridgehead atoms. The summed E-state index contributed by atoms with van der Waals surface area (Å²) in [4.78, 5) is 17.2. The van der Waals surface area contributed by atoms with Gasteiger partial charge < -0.3 is 15.1 Å². The zero-order valence-corrected chi connectivity index (χ0v) is 12.3. The van der Waals surface area contributed by atoms with Gasteiger partial charge in [0.2, 0.25) is 5.91 Å². The monoisotopic (exact) mass is 273 g/mol. The van der Waals surface area contributed by atoms with E-state index in [0.717, 1.165) is 43.9 Å². The van der Waals surface area contributed by atoms with Crippen LogP contribution in [0, 0.1) is 0 Å². The molecule has 108 valence electrons. The predicted molar refractivity (Wildman–Crippen MR) is 81.0 cm³/mol. The van der Waals surface area contributed by atoms with Crippen LogP contribution in [0.5, 0.6) is 0 Å². The Hall–Kier alpha value is -1.55. The molecule has 1 aromatic rings. The minimum atomic E-state index is 0.0193. The van der Waals surface area contributed by atoms with Crippen molar-refractivity contribution in [2.45, 2.75) is 25.3 Å². The van der Waals surface area contributed by atoms with Crippen molar-refractivity contribution in [1.29, 1.82) is 0 Å². The SMILES string of the molecule is CC1CC(C(=O)N2CCN(C)CC2)c2ccccc2N1. The smallest absolute Gasteiger partial charge is 0.230 e. The second kappa shape index (κ2) is 5.44. The number of hydrogen-bond acceptors (Lipinski definition) is 3. The molecule has 20 heavy (non-hydrogen) atoms. The summed E-state index contributed by atoms with van der Waals surface area (Å²) >= 11 is 0. The molecule has 2 aliphatic heterocycles. The first kappa shape index (κ1) is 13.4. The van der Waals surface area contributed by atoms with Gasteiger partial charge in [-0.3, -0.25) is 4.79 Å². The molecule has 1 amide bonds. The number of piperazine rings is 1. The summed E-state index contributed by atoms with van der Waals surface area (Å²) in [6.07, 6.45) is 0.891. The largest absolute Gasteiger partial charge is 0.382 e. The van der Waals surface area contributed by atoms with E-state index in [9.17, 15) is 4.79 Å². The zero-order chi connectivity index (χ0) is 14.1. The van der Waals surface area contributed by atoms with E-state index in [4.69, 9.17) is 0 Å². The van der Waals surface area contributed by atoms with Gasteiger partial charge in [0.15, 0.2) is 0 Å². The van der Waals surface area contributed by atoms with E-state index in [-0.39, 0.29) is 5.92 Å². The maximum atomic E-state index is 12.8. The summed E-state index contributed by atoms with van der Waals surface area (Å²) in [5, 5.41) is 3.48. The molecule has 2 heterocycles. The molecule has 4 heteroatoms. The Kier molecular flexibility index (Phi) is 3.66. The van der Waals surface area contributed by atoms with E-state index in [1.54, 1.807) is 0 Å². The van der Waals surface area contributed by atoms with Gasteiger partial charge in [-0.05, 0) is 32.0 Å². The fraction of sp³-hybridized carbons (Fsp3) is 0.562. The van der Waals surface area contributed by atoms with Gasteiger partial charge in [0.05, 0.1) is 5.92 Å². The van der Waals surface area contributed by atoms with Crippen LogP contribution >= 0.6 is 0 Å². The highest BCUT2D eigenvalue weighted by atomic mass is 16.2. The average molecular weight is 273 g/mol. The Morgan fingerprint density at radius 3 is 2.65 bits per heavy atom. The van der Waals surface area contributed by atoms with Crippen molar-refractivity contribution in [1.82, 2.24) is 9.80 Å². The molecule has 1 N–H and O–H groups in total. The standard InChI is InChI=1S/C16H23N3O/c1-12-11-14(13-5-3-4-6-15(13)17-12)16(20)19-9-7-18(2)8-10-19/h3-6,12,14,17H,7-11H2,1-2H3. The quantitative estimate of drug-likeness (QED) is 0.847. The number of nitrogens with zero attached hydrogens (tertiary/aromatic N) is 2. The number of rotatable bonds is 1. The van der Waals surface area contributed by atoms with Gasteiger partial charge in [-0.25, -0.2) is 0 Å². The first-order valence-electron chi connectivity index (χ1n) is 7.48. The van der Waals surface area contributed by atoms with Crippen LogP contribution in [-0.4, -0.2) is 55.0 Å². The number of likely N-dealkylation sites (N-methyl/N-ethyl adjacent to an activating group) is 1. The van der Waals surface area contributed by atoms with Crippen molar-refractivity contribution in [3.63, 3.8) is 0 Å². The highest BCUT2D eigenvalue weighted by molar-refractivity contribution is 5.86. The maximum absolute atomic E-state index is 12.8. The molecule has 0 spiro atoms. The summed E-state index contributed by atoms with van der Waals surface area (Å²) in [5.41, 5.74) is 2.29. The summed E-state index contributed by atoms with van der Waals surface area (Å²) in [6, 6.07) is 8.58. The number of carbonyl (C=O) groups is 1. The molecule has 2 unspecified atom stereocenters. The van der Waals surface area contributed by atoms with Crippen LogP contribution in [0.15, 0.2) is 24.3 Å². The van der Waals surface area contributed by atoms with E-state index >= 15 is 0 Å². The van der Waals surface area contributed by atoms with E-state index in [1.807, 2.05) is 17.0 Å². The number of anilines is 1. The van der Waals surface area contributed by atoms with Gasteiger partial charge in [0.1, 0.15) is 0 Å².